The molecule has 1 aliphatic carbocycles. The van der Waals surface area contributed by atoms with Gasteiger partial charge in [0.05, 0.1) is 17.4 Å². The molecule has 2 aromatic rings. The van der Waals surface area contributed by atoms with Crippen LogP contribution in [0.3, 0.4) is 0 Å². The van der Waals surface area contributed by atoms with E-state index in [0.29, 0.717) is 11.2 Å². The van der Waals surface area contributed by atoms with Crippen molar-refractivity contribution in [3.8, 4) is 0 Å². The summed E-state index contributed by atoms with van der Waals surface area (Å²) in [5, 5.41) is 0.875. The molecular formula is C11H12N4O. The molecule has 1 aliphatic rings. The van der Waals surface area contributed by atoms with Crippen LogP contribution >= 0.6 is 0 Å². The van der Waals surface area contributed by atoms with E-state index in [1.807, 2.05) is 0 Å². The van der Waals surface area contributed by atoms with Gasteiger partial charge in [-0.05, 0) is 24.8 Å². The van der Waals surface area contributed by atoms with E-state index in [1.54, 1.807) is 6.20 Å². The molecule has 16 heavy (non-hydrogen) atoms. The van der Waals surface area contributed by atoms with Crippen LogP contribution in [0.2, 0.25) is 0 Å². The van der Waals surface area contributed by atoms with Crippen molar-refractivity contribution in [1.82, 2.24) is 9.97 Å². The van der Waals surface area contributed by atoms with E-state index in [9.17, 15) is 4.79 Å². The normalized spacial score (nSPS) is 14.2. The molecule has 82 valence electrons. The summed E-state index contributed by atoms with van der Waals surface area (Å²) < 4.78 is 0. The van der Waals surface area contributed by atoms with E-state index in [4.69, 9.17) is 11.5 Å². The summed E-state index contributed by atoms with van der Waals surface area (Å²) in [6.07, 6.45) is 4.68. The summed E-state index contributed by atoms with van der Waals surface area (Å²) in [6, 6.07) is 0. The van der Waals surface area contributed by atoms with Gasteiger partial charge in [0.15, 0.2) is 0 Å². The molecule has 0 fully saturated rings. The number of nitrogen functional groups attached to an aromatic ring is 2. The lowest BCUT2D eigenvalue weighted by atomic mass is 10.1. The van der Waals surface area contributed by atoms with Gasteiger partial charge < -0.3 is 16.5 Å². The largest absolute Gasteiger partial charge is 0.396 e. The summed E-state index contributed by atoms with van der Waals surface area (Å²) in [5.41, 5.74) is 14.6. The average Bonchev–Trinajstić information content (AvgIpc) is 2.73. The molecule has 0 aliphatic heterocycles. The van der Waals surface area contributed by atoms with Crippen LogP contribution < -0.4 is 17.0 Å². The fourth-order valence-corrected chi connectivity index (χ4v) is 2.36. The second-order valence-corrected chi connectivity index (χ2v) is 4.11. The molecule has 0 atom stereocenters. The van der Waals surface area contributed by atoms with Crippen molar-refractivity contribution in [3.05, 3.63) is 27.8 Å². The number of H-pyrrole nitrogens is 1. The second kappa shape index (κ2) is 2.98. The standard InChI is InChI=1S/C11H12N4O/c12-9-8-5-2-1-3-6(5)14-4-7(8)15-11(16)10(9)13/h4H,1-3,13H2,(H3,12,15,16). The fraction of sp³-hybridized carbons (Fsp3) is 0.273. The molecule has 0 unspecified atom stereocenters. The molecule has 0 radical (unpaired) electrons. The molecular weight excluding hydrogens is 204 g/mol. The van der Waals surface area contributed by atoms with Gasteiger partial charge in [0.2, 0.25) is 0 Å². The van der Waals surface area contributed by atoms with E-state index < -0.39 is 0 Å². The summed E-state index contributed by atoms with van der Waals surface area (Å²) in [7, 11) is 0. The van der Waals surface area contributed by atoms with Gasteiger partial charge in [-0.1, -0.05) is 0 Å². The third-order valence-corrected chi connectivity index (χ3v) is 3.16. The van der Waals surface area contributed by atoms with Crippen molar-refractivity contribution in [1.29, 1.82) is 0 Å². The number of nitrogens with one attached hydrogen (secondary N) is 1. The number of aromatic nitrogens is 2. The molecule has 3 rings (SSSR count). The minimum Gasteiger partial charge on any atom is -0.396 e. The SMILES string of the molecule is Nc1c(N)c2c3c(ncc2[nH]c1=O)CCC3. The third-order valence-electron chi connectivity index (χ3n) is 3.16. The lowest BCUT2D eigenvalue weighted by Gasteiger charge is -2.08. The predicted octanol–water partition coefficient (Wildman–Crippen LogP) is 0.576. The molecule has 0 aromatic carbocycles. The molecule has 5 N–H and O–H groups in total. The number of anilines is 2. The number of hydrogen-bond donors (Lipinski definition) is 3. The maximum atomic E-state index is 11.5. The highest BCUT2D eigenvalue weighted by atomic mass is 16.1. The molecule has 0 bridgehead atoms. The minimum absolute atomic E-state index is 0.104. The second-order valence-electron chi connectivity index (χ2n) is 4.11. The highest BCUT2D eigenvalue weighted by molar-refractivity contribution is 5.98. The molecule has 5 heteroatoms. The molecule has 0 saturated heterocycles. The van der Waals surface area contributed by atoms with Crippen LogP contribution in [0.25, 0.3) is 10.9 Å². The van der Waals surface area contributed by atoms with Gasteiger partial charge in [0.1, 0.15) is 5.69 Å². The summed E-state index contributed by atoms with van der Waals surface area (Å²) >= 11 is 0. The fourth-order valence-electron chi connectivity index (χ4n) is 2.36. The van der Waals surface area contributed by atoms with Crippen LogP contribution in [0.15, 0.2) is 11.0 Å². The number of nitrogens with two attached hydrogens (primary N) is 2. The van der Waals surface area contributed by atoms with Gasteiger partial charge in [0, 0.05) is 11.1 Å². The average molecular weight is 216 g/mol. The molecule has 2 aromatic heterocycles. The van der Waals surface area contributed by atoms with Crippen molar-refractivity contribution in [3.63, 3.8) is 0 Å². The first-order valence-electron chi connectivity index (χ1n) is 5.26. The van der Waals surface area contributed by atoms with E-state index in [2.05, 4.69) is 9.97 Å². The van der Waals surface area contributed by atoms with E-state index >= 15 is 0 Å². The Balaban J connectivity index is 2.53. The summed E-state index contributed by atoms with van der Waals surface area (Å²) in [5.74, 6) is 0. The van der Waals surface area contributed by atoms with E-state index in [0.717, 1.165) is 35.9 Å². The Bertz CT molecular complexity index is 644. The van der Waals surface area contributed by atoms with Gasteiger partial charge in [-0.25, -0.2) is 0 Å². The predicted molar refractivity (Wildman–Crippen MR) is 63.2 cm³/mol. The Labute approximate surface area is 91.5 Å². The maximum Gasteiger partial charge on any atom is 0.273 e. The van der Waals surface area contributed by atoms with Crippen LogP contribution in [0.5, 0.6) is 0 Å². The third kappa shape index (κ3) is 1.05. The zero-order chi connectivity index (χ0) is 11.3. The van der Waals surface area contributed by atoms with Crippen LogP contribution in [0.1, 0.15) is 17.7 Å². The first-order valence-corrected chi connectivity index (χ1v) is 5.26. The first-order chi connectivity index (χ1) is 7.68. The van der Waals surface area contributed by atoms with Gasteiger partial charge >= 0.3 is 0 Å². The quantitative estimate of drug-likeness (QED) is 0.599. The molecule has 0 saturated carbocycles. The van der Waals surface area contributed by atoms with Crippen LogP contribution in [-0.4, -0.2) is 9.97 Å². The van der Waals surface area contributed by atoms with Gasteiger partial charge in [0.25, 0.3) is 5.56 Å². The van der Waals surface area contributed by atoms with Gasteiger partial charge in [-0.3, -0.25) is 9.78 Å². The number of hydrogen-bond acceptors (Lipinski definition) is 4. The number of rotatable bonds is 0. The zero-order valence-electron chi connectivity index (χ0n) is 8.71. The monoisotopic (exact) mass is 216 g/mol. The molecule has 2 heterocycles. The van der Waals surface area contributed by atoms with Crippen molar-refractivity contribution in [2.45, 2.75) is 19.3 Å². The Morgan fingerprint density at radius 1 is 1.25 bits per heavy atom. The van der Waals surface area contributed by atoms with Crippen LogP contribution in [-0.2, 0) is 12.8 Å². The molecule has 0 spiro atoms. The van der Waals surface area contributed by atoms with Crippen molar-refractivity contribution in [2.24, 2.45) is 0 Å². The Kier molecular flexibility index (Phi) is 1.71. The number of nitrogens with zero attached hydrogens (tertiary/aromatic N) is 1. The topological polar surface area (TPSA) is 97.8 Å². The van der Waals surface area contributed by atoms with E-state index in [-0.39, 0.29) is 11.2 Å². The summed E-state index contributed by atoms with van der Waals surface area (Å²) in [6.45, 7) is 0. The lowest BCUT2D eigenvalue weighted by Crippen LogP contribution is -2.15. The minimum atomic E-state index is -0.343. The Morgan fingerprint density at radius 2 is 2.06 bits per heavy atom. The zero-order valence-corrected chi connectivity index (χ0v) is 8.71. The number of fused-ring (bicyclic) bond motifs is 3. The van der Waals surface area contributed by atoms with Crippen molar-refractivity contribution < 1.29 is 0 Å². The Morgan fingerprint density at radius 3 is 2.88 bits per heavy atom. The highest BCUT2D eigenvalue weighted by Gasteiger charge is 2.18. The van der Waals surface area contributed by atoms with Crippen LogP contribution in [0, 0.1) is 0 Å². The molecule has 0 amide bonds. The molecule has 5 nitrogen and oxygen atoms in total. The first kappa shape index (κ1) is 9.21. The summed E-state index contributed by atoms with van der Waals surface area (Å²) in [4.78, 5) is 18.5. The van der Waals surface area contributed by atoms with E-state index in [1.165, 1.54) is 0 Å². The van der Waals surface area contributed by atoms with Crippen molar-refractivity contribution >= 4 is 22.3 Å². The highest BCUT2D eigenvalue weighted by Crippen LogP contribution is 2.31. The smallest absolute Gasteiger partial charge is 0.273 e. The lowest BCUT2D eigenvalue weighted by molar-refractivity contribution is 0.900. The van der Waals surface area contributed by atoms with Gasteiger partial charge in [-0.15, -0.1) is 0 Å². The maximum absolute atomic E-state index is 11.5. The number of aryl methyl sites for hydroxylation is 2. The van der Waals surface area contributed by atoms with Gasteiger partial charge in [-0.2, -0.15) is 0 Å². The number of aromatic amines is 1. The number of pyridine rings is 2. The van der Waals surface area contributed by atoms with Crippen LogP contribution in [0.4, 0.5) is 11.4 Å². The van der Waals surface area contributed by atoms with Crippen molar-refractivity contribution in [2.75, 3.05) is 11.5 Å². The Hall–Kier alpha value is -2.04.